The molecule has 0 amide bonds. The fourth-order valence-electron chi connectivity index (χ4n) is 2.27. The Balaban J connectivity index is 1.80. The summed E-state index contributed by atoms with van der Waals surface area (Å²) in [5, 5.41) is 6.24. The van der Waals surface area contributed by atoms with Gasteiger partial charge in [-0.15, -0.1) is 0 Å². The number of pyridine rings is 1. The van der Waals surface area contributed by atoms with Crippen LogP contribution in [0.1, 0.15) is 5.56 Å². The Morgan fingerprint density at radius 3 is 2.35 bits per heavy atom. The molecule has 0 bridgehead atoms. The second kappa shape index (κ2) is 7.46. The van der Waals surface area contributed by atoms with E-state index in [1.54, 1.807) is 30.6 Å². The topological polar surface area (TPSA) is 109 Å². The maximum absolute atomic E-state index is 11.9. The molecule has 0 saturated carbocycles. The van der Waals surface area contributed by atoms with Crippen LogP contribution in [0.25, 0.3) is 0 Å². The molecule has 0 aliphatic heterocycles. The summed E-state index contributed by atoms with van der Waals surface area (Å²) in [6.07, 6.45) is 4.89. The Morgan fingerprint density at radius 1 is 0.923 bits per heavy atom. The average molecular weight is 370 g/mol. The van der Waals surface area contributed by atoms with E-state index >= 15 is 0 Å². The standard InChI is InChI=1S/C17H18N6O2S/c1-12-6-14(10-19-9-12)23-17-8-16(20-11-21-17)22-13-4-3-5-15(7-13)26(24,25)18-2/h3-11,18H,1-2H3,(H2,20,21,22,23). The lowest BCUT2D eigenvalue weighted by atomic mass is 10.3. The lowest BCUT2D eigenvalue weighted by Gasteiger charge is -2.10. The van der Waals surface area contributed by atoms with Crippen LogP contribution in [0.4, 0.5) is 23.0 Å². The lowest BCUT2D eigenvalue weighted by Crippen LogP contribution is -2.18. The van der Waals surface area contributed by atoms with Crippen LogP contribution in [0, 0.1) is 6.92 Å². The fourth-order valence-corrected chi connectivity index (χ4v) is 3.05. The number of benzene rings is 1. The number of sulfonamides is 1. The minimum atomic E-state index is -3.51. The fraction of sp³-hybridized carbons (Fsp3) is 0.118. The summed E-state index contributed by atoms with van der Waals surface area (Å²) in [6, 6.07) is 10.1. The van der Waals surface area contributed by atoms with Crippen molar-refractivity contribution in [1.82, 2.24) is 19.7 Å². The van der Waals surface area contributed by atoms with Gasteiger partial charge in [0.2, 0.25) is 10.0 Å². The maximum atomic E-state index is 11.9. The van der Waals surface area contributed by atoms with Crippen molar-refractivity contribution < 1.29 is 8.42 Å². The van der Waals surface area contributed by atoms with Gasteiger partial charge in [0.25, 0.3) is 0 Å². The first kappa shape index (κ1) is 17.8. The summed E-state index contributed by atoms with van der Waals surface area (Å²) in [5.41, 5.74) is 2.45. The van der Waals surface area contributed by atoms with Crippen molar-refractivity contribution in [3.63, 3.8) is 0 Å². The highest BCUT2D eigenvalue weighted by Gasteiger charge is 2.11. The number of rotatable bonds is 6. The van der Waals surface area contributed by atoms with Gasteiger partial charge in [0.1, 0.15) is 18.0 Å². The molecule has 0 aliphatic rings. The van der Waals surface area contributed by atoms with Crippen LogP contribution >= 0.6 is 0 Å². The number of nitrogens with one attached hydrogen (secondary N) is 3. The van der Waals surface area contributed by atoms with Gasteiger partial charge < -0.3 is 10.6 Å². The zero-order valence-corrected chi connectivity index (χ0v) is 15.1. The first-order valence-corrected chi connectivity index (χ1v) is 9.26. The van der Waals surface area contributed by atoms with Gasteiger partial charge in [0.15, 0.2) is 0 Å². The van der Waals surface area contributed by atoms with Gasteiger partial charge in [-0.05, 0) is 43.8 Å². The first-order valence-electron chi connectivity index (χ1n) is 7.78. The molecular formula is C17H18N6O2S. The summed E-state index contributed by atoms with van der Waals surface area (Å²) >= 11 is 0. The van der Waals surface area contributed by atoms with Crippen molar-refractivity contribution in [1.29, 1.82) is 0 Å². The Labute approximate surface area is 151 Å². The van der Waals surface area contributed by atoms with Crippen molar-refractivity contribution in [3.05, 3.63) is 60.7 Å². The van der Waals surface area contributed by atoms with Crippen LogP contribution in [0.15, 0.2) is 60.0 Å². The van der Waals surface area contributed by atoms with Crippen molar-refractivity contribution in [2.75, 3.05) is 17.7 Å². The molecule has 2 heterocycles. The molecule has 0 radical (unpaired) electrons. The molecule has 9 heteroatoms. The van der Waals surface area contributed by atoms with E-state index in [0.717, 1.165) is 11.3 Å². The Kier molecular flexibility index (Phi) is 5.10. The highest BCUT2D eigenvalue weighted by molar-refractivity contribution is 7.89. The van der Waals surface area contributed by atoms with E-state index in [2.05, 4.69) is 30.3 Å². The van der Waals surface area contributed by atoms with E-state index in [9.17, 15) is 8.42 Å². The second-order valence-electron chi connectivity index (χ2n) is 5.52. The van der Waals surface area contributed by atoms with E-state index < -0.39 is 10.0 Å². The summed E-state index contributed by atoms with van der Waals surface area (Å²) in [7, 11) is -2.13. The summed E-state index contributed by atoms with van der Waals surface area (Å²) in [4.78, 5) is 12.6. The third-order valence-electron chi connectivity index (χ3n) is 3.50. The van der Waals surface area contributed by atoms with Gasteiger partial charge in [-0.2, -0.15) is 0 Å². The highest BCUT2D eigenvalue weighted by Crippen LogP contribution is 2.21. The number of nitrogens with zero attached hydrogens (tertiary/aromatic N) is 3. The summed E-state index contributed by atoms with van der Waals surface area (Å²) in [5.74, 6) is 1.12. The molecule has 26 heavy (non-hydrogen) atoms. The molecule has 0 atom stereocenters. The average Bonchev–Trinajstić information content (AvgIpc) is 2.62. The molecule has 0 spiro atoms. The quantitative estimate of drug-likeness (QED) is 0.612. The maximum Gasteiger partial charge on any atom is 0.240 e. The molecule has 3 N–H and O–H groups in total. The van der Waals surface area contributed by atoms with Gasteiger partial charge in [-0.3, -0.25) is 4.98 Å². The van der Waals surface area contributed by atoms with E-state index in [4.69, 9.17) is 0 Å². The Bertz CT molecular complexity index is 1020. The van der Waals surface area contributed by atoms with Crippen LogP contribution in [0.3, 0.4) is 0 Å². The van der Waals surface area contributed by atoms with E-state index in [1.807, 2.05) is 13.0 Å². The molecule has 8 nitrogen and oxygen atoms in total. The molecule has 134 valence electrons. The van der Waals surface area contributed by atoms with Crippen molar-refractivity contribution in [2.24, 2.45) is 0 Å². The molecule has 3 rings (SSSR count). The van der Waals surface area contributed by atoms with Crippen molar-refractivity contribution in [3.8, 4) is 0 Å². The number of aromatic nitrogens is 3. The zero-order chi connectivity index (χ0) is 18.6. The third kappa shape index (κ3) is 4.32. The molecule has 2 aromatic heterocycles. The minimum absolute atomic E-state index is 0.170. The molecule has 1 aromatic carbocycles. The van der Waals surface area contributed by atoms with Gasteiger partial charge in [0, 0.05) is 18.0 Å². The predicted octanol–water partition coefficient (Wildman–Crippen LogP) is 2.58. The molecule has 0 unspecified atom stereocenters. The number of hydrogen-bond donors (Lipinski definition) is 3. The van der Waals surface area contributed by atoms with Crippen LogP contribution in [0.2, 0.25) is 0 Å². The van der Waals surface area contributed by atoms with Crippen LogP contribution in [0.5, 0.6) is 0 Å². The van der Waals surface area contributed by atoms with Gasteiger partial charge >= 0.3 is 0 Å². The SMILES string of the molecule is CNS(=O)(=O)c1cccc(Nc2cc(Nc3cncc(C)c3)ncn2)c1. The van der Waals surface area contributed by atoms with E-state index in [0.29, 0.717) is 17.3 Å². The summed E-state index contributed by atoms with van der Waals surface area (Å²) in [6.45, 7) is 1.96. The number of hydrogen-bond acceptors (Lipinski definition) is 7. The zero-order valence-electron chi connectivity index (χ0n) is 14.3. The van der Waals surface area contributed by atoms with Gasteiger partial charge in [0.05, 0.1) is 16.8 Å². The van der Waals surface area contributed by atoms with E-state index in [-0.39, 0.29) is 4.90 Å². The second-order valence-corrected chi connectivity index (χ2v) is 7.41. The minimum Gasteiger partial charge on any atom is -0.340 e. The Morgan fingerprint density at radius 2 is 1.65 bits per heavy atom. The molecule has 0 saturated heterocycles. The first-order chi connectivity index (χ1) is 12.5. The Hall–Kier alpha value is -3.04. The van der Waals surface area contributed by atoms with E-state index in [1.165, 1.54) is 25.5 Å². The van der Waals surface area contributed by atoms with Gasteiger partial charge in [-0.25, -0.2) is 23.1 Å². The lowest BCUT2D eigenvalue weighted by molar-refractivity contribution is 0.588. The number of anilines is 4. The van der Waals surface area contributed by atoms with Crippen LogP contribution in [-0.4, -0.2) is 30.4 Å². The normalized spacial score (nSPS) is 11.2. The van der Waals surface area contributed by atoms with Crippen LogP contribution < -0.4 is 15.4 Å². The number of aryl methyl sites for hydroxylation is 1. The van der Waals surface area contributed by atoms with Crippen LogP contribution in [-0.2, 0) is 10.0 Å². The molecule has 0 aliphatic carbocycles. The van der Waals surface area contributed by atoms with Crippen molar-refractivity contribution >= 4 is 33.0 Å². The molecule has 3 aromatic rings. The largest absolute Gasteiger partial charge is 0.340 e. The van der Waals surface area contributed by atoms with Gasteiger partial charge in [-0.1, -0.05) is 6.07 Å². The predicted molar refractivity (Wildman–Crippen MR) is 100 cm³/mol. The monoisotopic (exact) mass is 370 g/mol. The highest BCUT2D eigenvalue weighted by atomic mass is 32.2. The summed E-state index contributed by atoms with van der Waals surface area (Å²) < 4.78 is 26.1. The third-order valence-corrected chi connectivity index (χ3v) is 4.91. The van der Waals surface area contributed by atoms with Crippen molar-refractivity contribution in [2.45, 2.75) is 11.8 Å². The molecule has 0 fully saturated rings. The smallest absolute Gasteiger partial charge is 0.240 e. The molecular weight excluding hydrogens is 352 g/mol.